The van der Waals surface area contributed by atoms with Gasteiger partial charge in [0, 0.05) is 21.9 Å². The van der Waals surface area contributed by atoms with E-state index in [2.05, 4.69) is 40.3 Å². The third kappa shape index (κ3) is 3.43. The summed E-state index contributed by atoms with van der Waals surface area (Å²) in [7, 11) is 0. The van der Waals surface area contributed by atoms with Gasteiger partial charge in [0.1, 0.15) is 0 Å². The fourth-order valence-corrected chi connectivity index (χ4v) is 9.78. The number of carbonyl (C=O) groups is 1. The lowest BCUT2D eigenvalue weighted by atomic mass is 9.92. The lowest BCUT2D eigenvalue weighted by Gasteiger charge is -2.33. The van der Waals surface area contributed by atoms with Crippen molar-refractivity contribution in [3.63, 3.8) is 0 Å². The lowest BCUT2D eigenvalue weighted by Crippen LogP contribution is -2.24. The number of thiophene rings is 2. The van der Waals surface area contributed by atoms with E-state index >= 15 is 0 Å². The van der Waals surface area contributed by atoms with Crippen molar-refractivity contribution in [2.45, 2.75) is 27.6 Å². The zero-order valence-corrected chi connectivity index (χ0v) is 17.8. The summed E-state index contributed by atoms with van der Waals surface area (Å²) in [6, 6.07) is 3.96. The highest BCUT2D eigenvalue weighted by Gasteiger charge is 2.45. The Labute approximate surface area is 168 Å². The van der Waals surface area contributed by atoms with Crippen LogP contribution in [0.15, 0.2) is 26.8 Å². The van der Waals surface area contributed by atoms with Crippen LogP contribution in [0, 0.1) is 0 Å². The number of carbonyl (C=O) groups excluding carboxylic acids is 1. The molecule has 2 aromatic rings. The summed E-state index contributed by atoms with van der Waals surface area (Å²) in [5.41, 5.74) is 5.44. The Balaban J connectivity index is 1.62. The summed E-state index contributed by atoms with van der Waals surface area (Å²) in [4.78, 5) is 14.6. The summed E-state index contributed by atoms with van der Waals surface area (Å²) in [5, 5.41) is 6.14. The number of amides is 1. The number of hydrazone groups is 1. The summed E-state index contributed by atoms with van der Waals surface area (Å²) < 4.78 is 1.49. The highest BCUT2D eigenvalue weighted by Crippen LogP contribution is 2.61. The molecule has 2 aromatic heterocycles. The Morgan fingerprint density at radius 1 is 1.40 bits per heavy atom. The van der Waals surface area contributed by atoms with E-state index in [9.17, 15) is 4.79 Å². The van der Waals surface area contributed by atoms with Gasteiger partial charge in [-0.05, 0) is 42.5 Å². The minimum Gasteiger partial charge on any atom is -0.266 e. The first-order chi connectivity index (χ1) is 12.2. The van der Waals surface area contributed by atoms with Crippen molar-refractivity contribution in [1.29, 1.82) is 0 Å². The molecule has 1 amide bonds. The monoisotopic (exact) mass is 426 g/mol. The minimum atomic E-state index is -0.0700. The number of nitrogens with zero attached hydrogens (tertiary/aromatic N) is 1. The van der Waals surface area contributed by atoms with Crippen LogP contribution in [-0.4, -0.2) is 29.9 Å². The Kier molecular flexibility index (Phi) is 5.52. The number of thioether (sulfide) groups is 3. The fourth-order valence-electron chi connectivity index (χ4n) is 3.33. The van der Waals surface area contributed by atoms with Gasteiger partial charge in [-0.3, -0.25) is 4.79 Å². The van der Waals surface area contributed by atoms with Crippen molar-refractivity contribution in [1.82, 2.24) is 5.43 Å². The minimum absolute atomic E-state index is 0.0700. The molecule has 3 nitrogen and oxygen atoms in total. The molecule has 1 aliphatic heterocycles. The van der Waals surface area contributed by atoms with Crippen LogP contribution in [0.4, 0.5) is 0 Å². The summed E-state index contributed by atoms with van der Waals surface area (Å²) >= 11 is 9.18. The van der Waals surface area contributed by atoms with E-state index in [0.29, 0.717) is 0 Å². The predicted molar refractivity (Wildman–Crippen MR) is 115 cm³/mol. The van der Waals surface area contributed by atoms with Crippen LogP contribution in [0.1, 0.15) is 38.5 Å². The SMILES string of the molecule is CSc1sc(C(=O)N/N=C/c2cccs2)c2c1C1(CCC2)SCCS1. The van der Waals surface area contributed by atoms with Crippen molar-refractivity contribution in [2.75, 3.05) is 17.8 Å². The normalized spacial score (nSPS) is 18.8. The molecule has 0 saturated carbocycles. The second-order valence-corrected chi connectivity index (χ2v) is 11.9. The zero-order chi connectivity index (χ0) is 17.3. The van der Waals surface area contributed by atoms with Gasteiger partial charge in [0.25, 0.3) is 5.91 Å². The molecular formula is C17H18N2OS5. The number of rotatable bonds is 4. The largest absolute Gasteiger partial charge is 0.281 e. The van der Waals surface area contributed by atoms with Crippen molar-refractivity contribution >= 4 is 70.1 Å². The molecule has 0 aromatic carbocycles. The van der Waals surface area contributed by atoms with E-state index in [1.807, 2.05) is 17.5 Å². The average Bonchev–Trinajstić information content (AvgIpc) is 3.35. The molecule has 0 unspecified atom stereocenters. The third-order valence-electron chi connectivity index (χ3n) is 4.33. The molecule has 8 heteroatoms. The molecular weight excluding hydrogens is 409 g/mol. The number of fused-ring (bicyclic) bond motifs is 2. The number of hydrogen-bond acceptors (Lipinski definition) is 7. The first kappa shape index (κ1) is 18.0. The highest BCUT2D eigenvalue weighted by atomic mass is 32.2. The smallest absolute Gasteiger partial charge is 0.266 e. The van der Waals surface area contributed by atoms with E-state index < -0.39 is 0 Å². The van der Waals surface area contributed by atoms with Gasteiger partial charge in [0.05, 0.1) is 19.4 Å². The Hall–Kier alpha value is -0.410. The Bertz CT molecular complexity index is 790. The molecule has 0 atom stereocenters. The van der Waals surface area contributed by atoms with Crippen LogP contribution in [-0.2, 0) is 10.5 Å². The molecule has 4 rings (SSSR count). The van der Waals surface area contributed by atoms with Gasteiger partial charge >= 0.3 is 0 Å². The van der Waals surface area contributed by atoms with Crippen molar-refractivity contribution in [3.05, 3.63) is 38.4 Å². The van der Waals surface area contributed by atoms with E-state index in [4.69, 9.17) is 0 Å². The van der Waals surface area contributed by atoms with E-state index in [-0.39, 0.29) is 9.99 Å². The second-order valence-electron chi connectivity index (χ2n) is 5.79. The van der Waals surface area contributed by atoms with Crippen LogP contribution >= 0.6 is 58.0 Å². The molecule has 1 aliphatic carbocycles. The average molecular weight is 427 g/mol. The van der Waals surface area contributed by atoms with Crippen LogP contribution in [0.3, 0.4) is 0 Å². The molecule has 132 valence electrons. The summed E-state index contributed by atoms with van der Waals surface area (Å²) in [6.45, 7) is 0. The van der Waals surface area contributed by atoms with Gasteiger partial charge in [-0.1, -0.05) is 6.07 Å². The van der Waals surface area contributed by atoms with Crippen molar-refractivity contribution in [3.8, 4) is 0 Å². The van der Waals surface area contributed by atoms with Crippen LogP contribution in [0.2, 0.25) is 0 Å². The summed E-state index contributed by atoms with van der Waals surface area (Å²) in [6.07, 6.45) is 7.22. The maximum absolute atomic E-state index is 12.7. The van der Waals surface area contributed by atoms with Gasteiger partial charge < -0.3 is 0 Å². The molecule has 3 heterocycles. The zero-order valence-electron chi connectivity index (χ0n) is 13.7. The van der Waals surface area contributed by atoms with Gasteiger partial charge in [0.2, 0.25) is 0 Å². The first-order valence-corrected chi connectivity index (χ1v) is 13.0. The van der Waals surface area contributed by atoms with Crippen molar-refractivity contribution < 1.29 is 4.79 Å². The van der Waals surface area contributed by atoms with Crippen LogP contribution < -0.4 is 5.43 Å². The fraction of sp³-hybridized carbons (Fsp3) is 0.412. The first-order valence-electron chi connectivity index (χ1n) is 8.08. The predicted octanol–water partition coefficient (Wildman–Crippen LogP) is 5.26. The van der Waals surface area contributed by atoms with E-state index in [1.54, 1.807) is 40.7 Å². The topological polar surface area (TPSA) is 41.5 Å². The van der Waals surface area contributed by atoms with Crippen molar-refractivity contribution in [2.24, 2.45) is 5.10 Å². The Morgan fingerprint density at radius 3 is 2.96 bits per heavy atom. The Morgan fingerprint density at radius 2 is 2.24 bits per heavy atom. The molecule has 0 bridgehead atoms. The van der Waals surface area contributed by atoms with E-state index in [1.165, 1.54) is 33.3 Å². The highest BCUT2D eigenvalue weighted by molar-refractivity contribution is 8.20. The molecule has 1 spiro atoms. The lowest BCUT2D eigenvalue weighted by molar-refractivity contribution is 0.0958. The number of nitrogens with one attached hydrogen (secondary N) is 1. The van der Waals surface area contributed by atoms with Crippen LogP contribution in [0.25, 0.3) is 0 Å². The van der Waals surface area contributed by atoms with Gasteiger partial charge in [-0.2, -0.15) is 5.10 Å². The van der Waals surface area contributed by atoms with Gasteiger partial charge in [0.15, 0.2) is 0 Å². The number of hydrogen-bond donors (Lipinski definition) is 1. The molecule has 1 N–H and O–H groups in total. The second kappa shape index (κ2) is 7.68. The quantitative estimate of drug-likeness (QED) is 0.411. The van der Waals surface area contributed by atoms with Gasteiger partial charge in [-0.15, -0.1) is 58.0 Å². The van der Waals surface area contributed by atoms with E-state index in [0.717, 1.165) is 22.6 Å². The van der Waals surface area contributed by atoms with Gasteiger partial charge in [-0.25, -0.2) is 5.43 Å². The maximum Gasteiger partial charge on any atom is 0.281 e. The summed E-state index contributed by atoms with van der Waals surface area (Å²) in [5.74, 6) is 2.35. The molecule has 1 saturated heterocycles. The third-order valence-corrected chi connectivity index (χ3v) is 11.0. The standard InChI is InChI=1S/C17H18N2OS5/c1-21-16-13-12(5-2-6-17(13)23-8-9-24-17)14(25-16)15(20)19-18-10-11-4-3-7-22-11/h3-4,7,10H,2,5-6,8-9H2,1H3,(H,19,20)/b18-10+. The molecule has 0 radical (unpaired) electrons. The maximum atomic E-state index is 12.7. The van der Waals surface area contributed by atoms with Crippen LogP contribution in [0.5, 0.6) is 0 Å². The molecule has 2 aliphatic rings. The molecule has 1 fully saturated rings. The molecule has 25 heavy (non-hydrogen) atoms.